The number of hydrogen-bond donors (Lipinski definition) is 0. The Balaban J connectivity index is 0.00000186. The molecule has 4 aromatic rings. The molecule has 0 unspecified atom stereocenters. The van der Waals surface area contributed by atoms with Gasteiger partial charge in [0, 0.05) is 0 Å². The molecule has 9 nitrogen and oxygen atoms in total. The molecular weight excluding hydrogens is 937 g/mol. The Hall–Kier alpha value is -3.80. The van der Waals surface area contributed by atoms with E-state index in [1.165, 1.54) is 0 Å². The van der Waals surface area contributed by atoms with Gasteiger partial charge in [-0.2, -0.15) is 61.7 Å². The molecule has 0 saturated carbocycles. The van der Waals surface area contributed by atoms with Crippen molar-refractivity contribution in [3.63, 3.8) is 0 Å². The Morgan fingerprint density at radius 2 is 0.848 bits per heavy atom. The molecule has 0 fully saturated rings. The van der Waals surface area contributed by atoms with Gasteiger partial charge in [0.1, 0.15) is 0 Å². The van der Waals surface area contributed by atoms with Crippen LogP contribution in [0, 0.1) is 57.9 Å². The summed E-state index contributed by atoms with van der Waals surface area (Å²) in [5.41, 5.74) is 7.51. The Morgan fingerprint density at radius 3 is 1.20 bits per heavy atom. The summed E-state index contributed by atoms with van der Waals surface area (Å²) in [6.07, 6.45) is 16.3. The van der Waals surface area contributed by atoms with Crippen molar-refractivity contribution in [2.45, 2.75) is 6.92 Å². The zero-order valence-electron chi connectivity index (χ0n) is 25.9. The summed E-state index contributed by atoms with van der Waals surface area (Å²) in [5.74, 6) is 0. The minimum Gasteiger partial charge on any atom is -0.520 e. The van der Waals surface area contributed by atoms with Crippen LogP contribution in [0.3, 0.4) is 0 Å². The third-order valence-corrected chi connectivity index (χ3v) is 8.11. The first-order valence-electron chi connectivity index (χ1n) is 14.4. The molecule has 4 aliphatic rings. The van der Waals surface area contributed by atoms with Crippen LogP contribution in [0.15, 0.2) is 73.9 Å². The van der Waals surface area contributed by atoms with E-state index in [2.05, 4.69) is 105 Å². The van der Waals surface area contributed by atoms with Crippen LogP contribution in [-0.4, -0.2) is 52.4 Å². The van der Waals surface area contributed by atoms with Crippen LogP contribution in [-0.2, 0) is 42.1 Å². The van der Waals surface area contributed by atoms with E-state index in [1.807, 2.05) is 98.3 Å². The second kappa shape index (κ2) is 12.4. The normalized spacial score (nSPS) is 17.2. The average Bonchev–Trinajstić information content (AvgIpc) is 3.85. The van der Waals surface area contributed by atoms with Gasteiger partial charge in [-0.1, -0.05) is 11.0 Å². The molecule has 46 heavy (non-hydrogen) atoms. The van der Waals surface area contributed by atoms with Gasteiger partial charge in [0.15, 0.2) is 0 Å². The summed E-state index contributed by atoms with van der Waals surface area (Å²) in [5, 5.41) is 2.18. The van der Waals surface area contributed by atoms with Gasteiger partial charge in [-0.05, 0) is 77.8 Å². The summed E-state index contributed by atoms with van der Waals surface area (Å²) < 4.78 is 2.20. The van der Waals surface area contributed by atoms with Gasteiger partial charge in [0.25, 0.3) is 0 Å². The van der Waals surface area contributed by atoms with Crippen LogP contribution < -0.4 is 19.6 Å². The van der Waals surface area contributed by atoms with Crippen molar-refractivity contribution in [3.05, 3.63) is 130 Å². The van der Waals surface area contributed by atoms with Crippen molar-refractivity contribution in [2.75, 3.05) is 47.8 Å². The molecule has 0 aliphatic carbocycles. The maximum atomic E-state index is 3.75. The predicted octanol–water partition coefficient (Wildman–Crippen LogP) is 5.66. The molecular formula is C35H31N9Pt2. The molecule has 4 aliphatic heterocycles. The summed E-state index contributed by atoms with van der Waals surface area (Å²) in [6, 6.07) is 23.6. The van der Waals surface area contributed by atoms with Crippen molar-refractivity contribution in [1.82, 2.24) is 24.2 Å². The summed E-state index contributed by atoms with van der Waals surface area (Å²) in [4.78, 5) is 16.5. The topological polar surface area (TPSA) is 30.9 Å². The molecule has 0 atom stereocenters. The van der Waals surface area contributed by atoms with Crippen LogP contribution in [0.2, 0.25) is 0 Å². The van der Waals surface area contributed by atoms with Crippen molar-refractivity contribution in [1.29, 1.82) is 0 Å². The number of hydrogen-bond acceptors (Lipinski definition) is 8. The molecule has 0 spiro atoms. The minimum absolute atomic E-state index is 0. The first-order valence-corrected chi connectivity index (χ1v) is 14.4. The van der Waals surface area contributed by atoms with Gasteiger partial charge < -0.3 is 55.9 Å². The molecule has 0 amide bonds. The van der Waals surface area contributed by atoms with E-state index in [-0.39, 0.29) is 42.1 Å². The maximum Gasteiger partial charge on any atom is 4.00 e. The fraction of sp³-hybridized carbons (Fsp3) is 0.143. The Kier molecular flexibility index (Phi) is 8.68. The number of aromatic nitrogens is 1. The molecule has 3 aromatic carbocycles. The molecule has 0 saturated heterocycles. The quantitative estimate of drug-likeness (QED) is 0.238. The predicted molar refractivity (Wildman–Crippen MR) is 176 cm³/mol. The largest absolute Gasteiger partial charge is 4.00 e. The zero-order chi connectivity index (χ0) is 30.1. The van der Waals surface area contributed by atoms with Crippen molar-refractivity contribution in [2.24, 2.45) is 0 Å². The molecule has 5 heterocycles. The SMILES string of the molecule is Cc1c(N2C=CN(C)[CH-]2)[c-]c(-n2c3[c-]c(N4C=CN(C)[CH-]4)ccc3c3ccc(N4C=CN(C)[CH-]4)[c-]c32)[c-]c1N1C=CN(C)[CH-]1.[Pt+4].[Pt+4]. The van der Waals surface area contributed by atoms with Gasteiger partial charge in [0.2, 0.25) is 0 Å². The van der Waals surface area contributed by atoms with Gasteiger partial charge in [0.05, 0.1) is 0 Å². The van der Waals surface area contributed by atoms with Gasteiger partial charge >= 0.3 is 42.1 Å². The Bertz CT molecular complexity index is 1780. The first kappa shape index (κ1) is 32.1. The monoisotopic (exact) mass is 967 g/mol. The van der Waals surface area contributed by atoms with Gasteiger partial charge in [-0.25, -0.2) is 22.6 Å². The Labute approximate surface area is 300 Å². The van der Waals surface area contributed by atoms with Crippen LogP contribution in [0.5, 0.6) is 0 Å². The van der Waals surface area contributed by atoms with E-state index >= 15 is 0 Å². The smallest absolute Gasteiger partial charge is 0.520 e. The second-order valence-corrected chi connectivity index (χ2v) is 11.4. The van der Waals surface area contributed by atoms with Crippen molar-refractivity contribution < 1.29 is 42.1 Å². The molecule has 11 heteroatoms. The number of nitrogens with zero attached hydrogens (tertiary/aromatic N) is 9. The van der Waals surface area contributed by atoms with Gasteiger partial charge in [-0.3, -0.25) is 0 Å². The number of rotatable bonds is 5. The molecule has 0 bridgehead atoms. The van der Waals surface area contributed by atoms with E-state index in [9.17, 15) is 0 Å². The number of fused-ring (bicyclic) bond motifs is 3. The van der Waals surface area contributed by atoms with Crippen LogP contribution in [0.4, 0.5) is 22.7 Å². The van der Waals surface area contributed by atoms with Crippen LogP contribution in [0.25, 0.3) is 27.5 Å². The standard InChI is InChI=1S/C35H31N9.2Pt/c1-26-32(42-16-12-38(4)24-42)20-29(21-33(26)43-17-13-39(5)25-43)44-34-18-27(40-14-10-36(2)22-40)6-8-30(34)31-9-7-28(19-35(31)44)41-15-11-37(3)23-41;;/h6-17,22-25H,1-5H3;;/q-8;2*+4. The van der Waals surface area contributed by atoms with E-state index in [4.69, 9.17) is 0 Å². The van der Waals surface area contributed by atoms with Gasteiger partial charge in [-0.15, -0.1) is 30.4 Å². The van der Waals surface area contributed by atoms with E-state index in [0.717, 1.165) is 55.8 Å². The zero-order valence-corrected chi connectivity index (χ0v) is 30.4. The summed E-state index contributed by atoms with van der Waals surface area (Å²) in [7, 11) is 8.09. The maximum absolute atomic E-state index is 3.75. The second-order valence-electron chi connectivity index (χ2n) is 11.4. The van der Waals surface area contributed by atoms with Crippen LogP contribution >= 0.6 is 0 Å². The minimum atomic E-state index is 0. The summed E-state index contributed by atoms with van der Waals surface area (Å²) >= 11 is 0. The molecule has 0 N–H and O–H groups in total. The number of anilines is 4. The fourth-order valence-electron chi connectivity index (χ4n) is 5.90. The molecule has 0 radical (unpaired) electrons. The summed E-state index contributed by atoms with van der Waals surface area (Å²) in [6.45, 7) is 10.3. The Morgan fingerprint density at radius 1 is 0.478 bits per heavy atom. The van der Waals surface area contributed by atoms with E-state index in [1.54, 1.807) is 0 Å². The first-order chi connectivity index (χ1) is 21.3. The third kappa shape index (κ3) is 5.48. The van der Waals surface area contributed by atoms with Crippen LogP contribution in [0.1, 0.15) is 5.56 Å². The molecule has 1 aromatic heterocycles. The molecule has 8 rings (SSSR count). The van der Waals surface area contributed by atoms with Crippen molar-refractivity contribution >= 4 is 44.6 Å². The fourth-order valence-corrected chi connectivity index (χ4v) is 5.90. The molecule has 236 valence electrons. The van der Waals surface area contributed by atoms with E-state index < -0.39 is 0 Å². The van der Waals surface area contributed by atoms with Crippen molar-refractivity contribution in [3.8, 4) is 5.69 Å². The third-order valence-electron chi connectivity index (χ3n) is 8.11. The number of benzene rings is 3. The van der Waals surface area contributed by atoms with E-state index in [0.29, 0.717) is 0 Å². The average molecular weight is 968 g/mol.